The van der Waals surface area contributed by atoms with Gasteiger partial charge in [0.1, 0.15) is 5.75 Å². The van der Waals surface area contributed by atoms with Crippen molar-refractivity contribution in [1.82, 2.24) is 0 Å². The van der Waals surface area contributed by atoms with Crippen LogP contribution in [0.2, 0.25) is 0 Å². The van der Waals surface area contributed by atoms with Gasteiger partial charge in [-0.3, -0.25) is 0 Å². The molecule has 2 aromatic carbocycles. The number of nitrogen functional groups attached to an aromatic ring is 2. The van der Waals surface area contributed by atoms with Crippen LogP contribution in [0.15, 0.2) is 30.3 Å². The third-order valence-electron chi connectivity index (χ3n) is 3.16. The first-order valence-corrected chi connectivity index (χ1v) is 6.42. The number of nitrogens with two attached hydrogens (primary N) is 2. The van der Waals surface area contributed by atoms with Crippen LogP contribution < -0.4 is 16.2 Å². The van der Waals surface area contributed by atoms with Gasteiger partial charge in [-0.2, -0.15) is 0 Å². The van der Waals surface area contributed by atoms with Crippen LogP contribution in [0.1, 0.15) is 18.1 Å². The maximum absolute atomic E-state index is 6.08. The molecule has 0 atom stereocenters. The van der Waals surface area contributed by atoms with Gasteiger partial charge in [0, 0.05) is 11.3 Å². The highest BCUT2D eigenvalue weighted by molar-refractivity contribution is 5.81. The minimum atomic E-state index is 0.593. The lowest BCUT2D eigenvalue weighted by Crippen LogP contribution is -1.99. The van der Waals surface area contributed by atoms with E-state index in [1.807, 2.05) is 38.1 Å². The fourth-order valence-corrected chi connectivity index (χ4v) is 2.18. The molecule has 0 amide bonds. The van der Waals surface area contributed by atoms with Gasteiger partial charge in [-0.1, -0.05) is 11.6 Å². The Kier molecular flexibility index (Phi) is 3.65. The van der Waals surface area contributed by atoms with E-state index in [0.717, 1.165) is 22.4 Å². The van der Waals surface area contributed by atoms with E-state index in [-0.39, 0.29) is 0 Å². The van der Waals surface area contributed by atoms with Gasteiger partial charge in [-0.05, 0) is 56.2 Å². The number of anilines is 2. The normalized spacial score (nSPS) is 10.5. The highest BCUT2D eigenvalue weighted by atomic mass is 16.5. The van der Waals surface area contributed by atoms with Crippen LogP contribution in [0, 0.1) is 13.8 Å². The number of rotatable bonds is 3. The van der Waals surface area contributed by atoms with Crippen LogP contribution in [-0.2, 0) is 0 Å². The van der Waals surface area contributed by atoms with E-state index in [1.165, 1.54) is 5.56 Å². The maximum Gasteiger partial charge on any atom is 0.142 e. The van der Waals surface area contributed by atoms with Gasteiger partial charge >= 0.3 is 0 Å². The molecule has 3 nitrogen and oxygen atoms in total. The molecule has 0 spiro atoms. The molecule has 0 fully saturated rings. The molecule has 0 saturated heterocycles. The van der Waals surface area contributed by atoms with Crippen molar-refractivity contribution in [2.45, 2.75) is 20.8 Å². The van der Waals surface area contributed by atoms with E-state index in [4.69, 9.17) is 16.2 Å². The Bertz CT molecular complexity index is 606. The molecule has 2 aromatic rings. The fraction of sp³-hybridized carbons (Fsp3) is 0.250. The number of hydrogen-bond acceptors (Lipinski definition) is 3. The zero-order valence-corrected chi connectivity index (χ0v) is 11.7. The van der Waals surface area contributed by atoms with Crippen molar-refractivity contribution in [3.05, 3.63) is 41.5 Å². The van der Waals surface area contributed by atoms with Crippen LogP contribution in [-0.4, -0.2) is 6.61 Å². The standard InChI is InChI=1S/C16H20N2O/c1-4-19-16-9-12(11(3)8-15(16)18)13-7-10(2)5-6-14(13)17/h5-9H,4,17-18H2,1-3H3. The average Bonchev–Trinajstić information content (AvgIpc) is 2.36. The third kappa shape index (κ3) is 2.65. The average molecular weight is 256 g/mol. The van der Waals surface area contributed by atoms with Crippen molar-refractivity contribution in [2.24, 2.45) is 0 Å². The summed E-state index contributed by atoms with van der Waals surface area (Å²) in [6.45, 7) is 6.62. The molecule has 0 aliphatic heterocycles. The number of benzene rings is 2. The monoisotopic (exact) mass is 256 g/mol. The summed E-state index contributed by atoms with van der Waals surface area (Å²) in [5.74, 6) is 0.712. The summed E-state index contributed by atoms with van der Waals surface area (Å²) in [7, 11) is 0. The van der Waals surface area contributed by atoms with Crippen molar-refractivity contribution >= 4 is 11.4 Å². The zero-order valence-electron chi connectivity index (χ0n) is 11.7. The predicted octanol–water partition coefficient (Wildman–Crippen LogP) is 3.53. The number of aryl methyl sites for hydroxylation is 2. The smallest absolute Gasteiger partial charge is 0.142 e. The van der Waals surface area contributed by atoms with E-state index in [2.05, 4.69) is 13.0 Å². The van der Waals surface area contributed by atoms with Crippen molar-refractivity contribution in [2.75, 3.05) is 18.1 Å². The van der Waals surface area contributed by atoms with Crippen LogP contribution in [0.4, 0.5) is 11.4 Å². The van der Waals surface area contributed by atoms with E-state index < -0.39 is 0 Å². The first-order chi connectivity index (χ1) is 9.02. The molecule has 19 heavy (non-hydrogen) atoms. The zero-order chi connectivity index (χ0) is 14.0. The molecule has 100 valence electrons. The summed E-state index contributed by atoms with van der Waals surface area (Å²) in [5.41, 5.74) is 17.8. The fourth-order valence-electron chi connectivity index (χ4n) is 2.18. The Labute approximate surface area is 114 Å². The van der Waals surface area contributed by atoms with Gasteiger partial charge in [0.2, 0.25) is 0 Å². The molecule has 0 unspecified atom stereocenters. The van der Waals surface area contributed by atoms with E-state index in [0.29, 0.717) is 18.0 Å². The molecule has 3 heteroatoms. The van der Waals surface area contributed by atoms with Gasteiger partial charge in [0.05, 0.1) is 12.3 Å². The lowest BCUT2D eigenvalue weighted by Gasteiger charge is -2.14. The second kappa shape index (κ2) is 5.22. The van der Waals surface area contributed by atoms with Gasteiger partial charge in [-0.25, -0.2) is 0 Å². The molecule has 4 N–H and O–H groups in total. The Morgan fingerprint density at radius 3 is 2.37 bits per heavy atom. The summed E-state index contributed by atoms with van der Waals surface area (Å²) < 4.78 is 5.56. The van der Waals surface area contributed by atoms with Gasteiger partial charge in [0.15, 0.2) is 0 Å². The summed E-state index contributed by atoms with van der Waals surface area (Å²) in [6, 6.07) is 9.93. The molecule has 0 saturated carbocycles. The summed E-state index contributed by atoms with van der Waals surface area (Å²) in [5, 5.41) is 0. The Morgan fingerprint density at radius 2 is 1.68 bits per heavy atom. The summed E-state index contributed by atoms with van der Waals surface area (Å²) in [6.07, 6.45) is 0. The Morgan fingerprint density at radius 1 is 0.947 bits per heavy atom. The first kappa shape index (κ1) is 13.3. The van der Waals surface area contributed by atoms with Crippen LogP contribution in [0.3, 0.4) is 0 Å². The van der Waals surface area contributed by atoms with Crippen LogP contribution in [0.5, 0.6) is 5.75 Å². The third-order valence-corrected chi connectivity index (χ3v) is 3.16. The SMILES string of the molecule is CCOc1cc(-c2cc(C)ccc2N)c(C)cc1N. The second-order valence-corrected chi connectivity index (χ2v) is 4.73. The van der Waals surface area contributed by atoms with E-state index in [1.54, 1.807) is 0 Å². The minimum absolute atomic E-state index is 0.593. The molecule has 0 aromatic heterocycles. The molecule has 0 aliphatic rings. The molecule has 0 radical (unpaired) electrons. The van der Waals surface area contributed by atoms with Crippen molar-refractivity contribution in [3.8, 4) is 16.9 Å². The number of ether oxygens (including phenoxy) is 1. The predicted molar refractivity (Wildman–Crippen MR) is 81.3 cm³/mol. The molecule has 0 bridgehead atoms. The highest BCUT2D eigenvalue weighted by Gasteiger charge is 2.10. The Balaban J connectivity index is 2.61. The first-order valence-electron chi connectivity index (χ1n) is 6.42. The van der Waals surface area contributed by atoms with Gasteiger partial charge in [-0.15, -0.1) is 0 Å². The van der Waals surface area contributed by atoms with Crippen LogP contribution in [0.25, 0.3) is 11.1 Å². The molecule has 0 aliphatic carbocycles. The van der Waals surface area contributed by atoms with Crippen molar-refractivity contribution < 1.29 is 4.74 Å². The summed E-state index contributed by atoms with van der Waals surface area (Å²) >= 11 is 0. The molecule has 2 rings (SSSR count). The summed E-state index contributed by atoms with van der Waals surface area (Å²) in [4.78, 5) is 0. The van der Waals surface area contributed by atoms with Gasteiger partial charge in [0.25, 0.3) is 0 Å². The number of hydrogen-bond donors (Lipinski definition) is 2. The molecular formula is C16H20N2O. The van der Waals surface area contributed by atoms with Crippen molar-refractivity contribution in [3.63, 3.8) is 0 Å². The topological polar surface area (TPSA) is 61.3 Å². The maximum atomic E-state index is 6.08. The lowest BCUT2D eigenvalue weighted by molar-refractivity contribution is 0.342. The van der Waals surface area contributed by atoms with Crippen molar-refractivity contribution in [1.29, 1.82) is 0 Å². The quantitative estimate of drug-likeness (QED) is 0.826. The minimum Gasteiger partial charge on any atom is -0.492 e. The Hall–Kier alpha value is -2.16. The molecular weight excluding hydrogens is 236 g/mol. The highest BCUT2D eigenvalue weighted by Crippen LogP contribution is 2.35. The van der Waals surface area contributed by atoms with Gasteiger partial charge < -0.3 is 16.2 Å². The van der Waals surface area contributed by atoms with E-state index in [9.17, 15) is 0 Å². The largest absolute Gasteiger partial charge is 0.492 e. The lowest BCUT2D eigenvalue weighted by atomic mass is 9.96. The molecule has 0 heterocycles. The van der Waals surface area contributed by atoms with Crippen LogP contribution >= 0.6 is 0 Å². The van der Waals surface area contributed by atoms with E-state index >= 15 is 0 Å². The second-order valence-electron chi connectivity index (χ2n) is 4.73.